The van der Waals surface area contributed by atoms with Crippen LogP contribution in [0.3, 0.4) is 0 Å². The molecule has 1 aromatic heterocycles. The molecule has 1 heterocycles. The largest absolute Gasteiger partial charge is 0.493 e. The van der Waals surface area contributed by atoms with Crippen LogP contribution in [0.25, 0.3) is 6.08 Å². The van der Waals surface area contributed by atoms with Crippen molar-refractivity contribution in [1.82, 2.24) is 0 Å². The quantitative estimate of drug-likeness (QED) is 0.829. The first-order valence-corrected chi connectivity index (χ1v) is 6.24. The standard InChI is InChI=1S/C15H13F2NO4/c1-20-12-6-4-10(9-13(12)22-15(16)17)18-14(19)7-5-11-3-2-8-21-11/h2-9,15H,1H3,(H,18,19). The van der Waals surface area contributed by atoms with Gasteiger partial charge in [0.25, 0.3) is 0 Å². The summed E-state index contributed by atoms with van der Waals surface area (Å²) in [5, 5.41) is 2.52. The van der Waals surface area contributed by atoms with Gasteiger partial charge in [-0.25, -0.2) is 0 Å². The Morgan fingerprint density at radius 3 is 2.77 bits per heavy atom. The highest BCUT2D eigenvalue weighted by molar-refractivity contribution is 6.01. The van der Waals surface area contributed by atoms with Crippen LogP contribution >= 0.6 is 0 Å². The second-order valence-electron chi connectivity index (χ2n) is 4.08. The molecule has 1 amide bonds. The lowest BCUT2D eigenvalue weighted by molar-refractivity contribution is -0.111. The maximum atomic E-state index is 12.3. The van der Waals surface area contributed by atoms with E-state index in [0.717, 1.165) is 0 Å². The van der Waals surface area contributed by atoms with Crippen LogP contribution in [0.15, 0.2) is 47.1 Å². The third-order valence-corrected chi connectivity index (χ3v) is 2.59. The maximum absolute atomic E-state index is 12.3. The van der Waals surface area contributed by atoms with Gasteiger partial charge in [-0.3, -0.25) is 4.79 Å². The van der Waals surface area contributed by atoms with Crippen molar-refractivity contribution < 1.29 is 27.5 Å². The summed E-state index contributed by atoms with van der Waals surface area (Å²) in [6, 6.07) is 7.56. The fourth-order valence-electron chi connectivity index (χ4n) is 1.67. The highest BCUT2D eigenvalue weighted by Crippen LogP contribution is 2.31. The van der Waals surface area contributed by atoms with E-state index in [1.54, 1.807) is 12.1 Å². The molecule has 0 fully saturated rings. The summed E-state index contributed by atoms with van der Waals surface area (Å²) < 4.78 is 38.9. The van der Waals surface area contributed by atoms with E-state index in [1.165, 1.54) is 43.7 Å². The highest BCUT2D eigenvalue weighted by Gasteiger charge is 2.11. The van der Waals surface area contributed by atoms with E-state index in [0.29, 0.717) is 11.4 Å². The molecule has 1 N–H and O–H groups in total. The van der Waals surface area contributed by atoms with E-state index in [1.807, 2.05) is 0 Å². The number of methoxy groups -OCH3 is 1. The van der Waals surface area contributed by atoms with Crippen molar-refractivity contribution in [2.45, 2.75) is 6.61 Å². The Morgan fingerprint density at radius 1 is 1.32 bits per heavy atom. The highest BCUT2D eigenvalue weighted by atomic mass is 19.3. The van der Waals surface area contributed by atoms with Crippen molar-refractivity contribution in [3.63, 3.8) is 0 Å². The molecule has 0 unspecified atom stereocenters. The normalized spacial score (nSPS) is 10.9. The lowest BCUT2D eigenvalue weighted by Gasteiger charge is -2.11. The van der Waals surface area contributed by atoms with Gasteiger partial charge >= 0.3 is 6.61 Å². The van der Waals surface area contributed by atoms with Crippen LogP contribution in [0, 0.1) is 0 Å². The average molecular weight is 309 g/mol. The van der Waals surface area contributed by atoms with Gasteiger partial charge in [-0.1, -0.05) is 0 Å². The minimum atomic E-state index is -2.99. The number of alkyl halides is 2. The molecule has 0 saturated carbocycles. The number of anilines is 1. The van der Waals surface area contributed by atoms with Crippen molar-refractivity contribution in [3.8, 4) is 11.5 Å². The number of benzene rings is 1. The number of ether oxygens (including phenoxy) is 2. The molecule has 0 atom stereocenters. The summed E-state index contributed by atoms with van der Waals surface area (Å²) in [6.07, 6.45) is 4.22. The number of carbonyl (C=O) groups excluding carboxylic acids is 1. The molecule has 0 aliphatic rings. The number of hydrogen-bond donors (Lipinski definition) is 1. The van der Waals surface area contributed by atoms with E-state index >= 15 is 0 Å². The minimum Gasteiger partial charge on any atom is -0.493 e. The average Bonchev–Trinajstić information content (AvgIpc) is 2.98. The van der Waals surface area contributed by atoms with Crippen molar-refractivity contribution in [1.29, 1.82) is 0 Å². The molecule has 0 radical (unpaired) electrons. The predicted molar refractivity (Wildman–Crippen MR) is 76.0 cm³/mol. The molecule has 5 nitrogen and oxygen atoms in total. The van der Waals surface area contributed by atoms with Gasteiger partial charge in [-0.05, 0) is 30.3 Å². The van der Waals surface area contributed by atoms with E-state index in [-0.39, 0.29) is 11.5 Å². The Labute approximate surface area is 125 Å². The second kappa shape index (κ2) is 7.26. The zero-order valence-corrected chi connectivity index (χ0v) is 11.6. The molecular weight excluding hydrogens is 296 g/mol. The number of carbonyl (C=O) groups is 1. The summed E-state index contributed by atoms with van der Waals surface area (Å²) in [5.41, 5.74) is 0.297. The van der Waals surface area contributed by atoms with E-state index < -0.39 is 12.5 Å². The molecule has 0 saturated heterocycles. The lowest BCUT2D eigenvalue weighted by atomic mass is 10.2. The first kappa shape index (κ1) is 15.6. The van der Waals surface area contributed by atoms with Crippen LogP contribution in [-0.4, -0.2) is 19.6 Å². The van der Waals surface area contributed by atoms with Gasteiger partial charge in [0.05, 0.1) is 13.4 Å². The topological polar surface area (TPSA) is 60.7 Å². The van der Waals surface area contributed by atoms with Gasteiger partial charge < -0.3 is 19.2 Å². The Morgan fingerprint density at radius 2 is 2.14 bits per heavy atom. The van der Waals surface area contributed by atoms with Gasteiger partial charge in [-0.2, -0.15) is 8.78 Å². The van der Waals surface area contributed by atoms with Crippen LogP contribution in [0.2, 0.25) is 0 Å². The SMILES string of the molecule is COc1ccc(NC(=O)C=Cc2ccco2)cc1OC(F)F. The molecule has 0 aliphatic heterocycles. The third-order valence-electron chi connectivity index (χ3n) is 2.59. The molecule has 116 valence electrons. The summed E-state index contributed by atoms with van der Waals surface area (Å²) >= 11 is 0. The zero-order valence-electron chi connectivity index (χ0n) is 11.6. The van der Waals surface area contributed by atoms with E-state index in [9.17, 15) is 13.6 Å². The van der Waals surface area contributed by atoms with Crippen LogP contribution in [0.4, 0.5) is 14.5 Å². The Hall–Kier alpha value is -2.83. The van der Waals surface area contributed by atoms with Gasteiger partial charge in [0.1, 0.15) is 5.76 Å². The molecule has 2 aromatic rings. The monoisotopic (exact) mass is 309 g/mol. The molecule has 0 bridgehead atoms. The molecule has 22 heavy (non-hydrogen) atoms. The minimum absolute atomic E-state index is 0.143. The number of furan rings is 1. The first-order chi connectivity index (χ1) is 10.6. The first-order valence-electron chi connectivity index (χ1n) is 6.24. The van der Waals surface area contributed by atoms with Crippen LogP contribution < -0.4 is 14.8 Å². The van der Waals surface area contributed by atoms with Gasteiger partial charge in [-0.15, -0.1) is 0 Å². The Balaban J connectivity index is 2.07. The van der Waals surface area contributed by atoms with Crippen molar-refractivity contribution in [2.75, 3.05) is 12.4 Å². The van der Waals surface area contributed by atoms with Gasteiger partial charge in [0.2, 0.25) is 5.91 Å². The summed E-state index contributed by atoms with van der Waals surface area (Å²) in [6.45, 7) is -2.99. The second-order valence-corrected chi connectivity index (χ2v) is 4.08. The molecule has 0 aliphatic carbocycles. The number of amides is 1. The fraction of sp³-hybridized carbons (Fsp3) is 0.133. The predicted octanol–water partition coefficient (Wildman–Crippen LogP) is 3.54. The van der Waals surface area contributed by atoms with Crippen LogP contribution in [-0.2, 0) is 4.79 Å². The van der Waals surface area contributed by atoms with Crippen molar-refractivity contribution >= 4 is 17.7 Å². The summed E-state index contributed by atoms with van der Waals surface area (Å²) in [4.78, 5) is 11.7. The number of hydrogen-bond acceptors (Lipinski definition) is 4. The van der Waals surface area contributed by atoms with Crippen LogP contribution in [0.5, 0.6) is 11.5 Å². The molecular formula is C15H13F2NO4. The number of halogens is 2. The fourth-order valence-corrected chi connectivity index (χ4v) is 1.67. The van der Waals surface area contributed by atoms with E-state index in [4.69, 9.17) is 9.15 Å². The number of nitrogens with one attached hydrogen (secondary N) is 1. The van der Waals surface area contributed by atoms with Crippen molar-refractivity contribution in [3.05, 3.63) is 48.4 Å². The summed E-state index contributed by atoms with van der Waals surface area (Å²) in [5.74, 6) is 0.0610. The van der Waals surface area contributed by atoms with Gasteiger partial charge in [0.15, 0.2) is 11.5 Å². The number of rotatable bonds is 6. The molecule has 0 spiro atoms. The van der Waals surface area contributed by atoms with E-state index in [2.05, 4.69) is 10.1 Å². The zero-order chi connectivity index (χ0) is 15.9. The summed E-state index contributed by atoms with van der Waals surface area (Å²) in [7, 11) is 1.33. The van der Waals surface area contributed by atoms with Crippen LogP contribution in [0.1, 0.15) is 5.76 Å². The third kappa shape index (κ3) is 4.34. The molecule has 2 rings (SSSR count). The van der Waals surface area contributed by atoms with Crippen molar-refractivity contribution in [2.24, 2.45) is 0 Å². The Bertz CT molecular complexity index is 654. The van der Waals surface area contributed by atoms with Gasteiger partial charge in [0, 0.05) is 17.8 Å². The molecule has 1 aromatic carbocycles. The molecule has 7 heteroatoms. The Kier molecular flexibility index (Phi) is 5.13. The smallest absolute Gasteiger partial charge is 0.387 e. The lowest BCUT2D eigenvalue weighted by Crippen LogP contribution is -2.09. The maximum Gasteiger partial charge on any atom is 0.387 e.